The molecule has 2 unspecified atom stereocenters. The Labute approximate surface area is 248 Å². The van der Waals surface area contributed by atoms with Crippen molar-refractivity contribution < 1.29 is 67.2 Å². The number of carbonyl (C=O) groups is 2. The number of rotatable bonds is 35. The highest BCUT2D eigenvalue weighted by Crippen LogP contribution is 2.03. The third-order valence-corrected chi connectivity index (χ3v) is 5.15. The molecule has 0 aromatic rings. The molecule has 0 saturated heterocycles. The van der Waals surface area contributed by atoms with E-state index in [-0.39, 0.29) is 51.4 Å². The van der Waals surface area contributed by atoms with Crippen molar-refractivity contribution in [2.24, 2.45) is 11.5 Å². The standard InChI is InChI=1S/C26H52N2O14/c27-21-23(41-19-17-39-15-13-36-8-6-34-4-2-26(31)32)24(22-28)42-20-18-40-16-14-38-12-11-37-10-9-35-7-5-33-3-1-25(29)30/h23-24H,1-22,27-28H2,(H,29,30)(H,31,32). The van der Waals surface area contributed by atoms with E-state index in [4.69, 9.17) is 69.0 Å². The summed E-state index contributed by atoms with van der Waals surface area (Å²) in [5.41, 5.74) is 11.6. The molecule has 0 bridgehead atoms. The van der Waals surface area contributed by atoms with E-state index in [9.17, 15) is 9.59 Å². The van der Waals surface area contributed by atoms with Crippen LogP contribution < -0.4 is 11.5 Å². The van der Waals surface area contributed by atoms with Gasteiger partial charge in [-0.2, -0.15) is 0 Å². The van der Waals surface area contributed by atoms with Gasteiger partial charge in [0.1, 0.15) is 0 Å². The van der Waals surface area contributed by atoms with Crippen molar-refractivity contribution in [1.82, 2.24) is 0 Å². The second-order valence-electron chi connectivity index (χ2n) is 8.48. The van der Waals surface area contributed by atoms with E-state index in [0.717, 1.165) is 0 Å². The first-order chi connectivity index (χ1) is 20.5. The Balaban J connectivity index is 3.50. The molecule has 0 spiro atoms. The van der Waals surface area contributed by atoms with Crippen molar-refractivity contribution in [3.05, 3.63) is 0 Å². The van der Waals surface area contributed by atoms with Gasteiger partial charge in [-0.3, -0.25) is 9.59 Å². The molecule has 0 aromatic carbocycles. The van der Waals surface area contributed by atoms with Gasteiger partial charge in [0, 0.05) is 13.1 Å². The van der Waals surface area contributed by atoms with E-state index in [1.54, 1.807) is 0 Å². The topological polar surface area (TPSA) is 219 Å². The van der Waals surface area contributed by atoms with Gasteiger partial charge in [0.25, 0.3) is 0 Å². The van der Waals surface area contributed by atoms with Crippen molar-refractivity contribution in [2.45, 2.75) is 25.0 Å². The second-order valence-corrected chi connectivity index (χ2v) is 8.48. The van der Waals surface area contributed by atoms with Crippen LogP contribution >= 0.6 is 0 Å². The average molecular weight is 617 g/mol. The Bertz CT molecular complexity index is 605. The number of carboxylic acids is 2. The molecule has 0 aliphatic carbocycles. The summed E-state index contributed by atoms with van der Waals surface area (Å²) in [4.78, 5) is 20.7. The van der Waals surface area contributed by atoms with Gasteiger partial charge in [-0.15, -0.1) is 0 Å². The summed E-state index contributed by atoms with van der Waals surface area (Å²) in [5.74, 6) is -1.78. The van der Waals surface area contributed by atoms with E-state index in [2.05, 4.69) is 0 Å². The predicted molar refractivity (Wildman–Crippen MR) is 149 cm³/mol. The lowest BCUT2D eigenvalue weighted by Crippen LogP contribution is -2.43. The smallest absolute Gasteiger partial charge is 0.305 e. The fourth-order valence-electron chi connectivity index (χ4n) is 3.01. The molecule has 0 amide bonds. The quantitative estimate of drug-likeness (QED) is 0.0612. The van der Waals surface area contributed by atoms with Crippen LogP contribution in [0.2, 0.25) is 0 Å². The molecule has 250 valence electrons. The molecule has 0 aliphatic heterocycles. The second kappa shape index (κ2) is 32.4. The van der Waals surface area contributed by atoms with Crippen LogP contribution in [0.1, 0.15) is 12.8 Å². The SMILES string of the molecule is NCC(OCCOCCOCCOCCOCCOCCC(=O)O)C(CN)OCCOCCOCCOCCC(=O)O. The normalized spacial score (nSPS) is 12.9. The molecule has 0 radical (unpaired) electrons. The monoisotopic (exact) mass is 616 g/mol. The first-order valence-electron chi connectivity index (χ1n) is 14.2. The van der Waals surface area contributed by atoms with Gasteiger partial charge in [-0.1, -0.05) is 0 Å². The molecule has 0 fully saturated rings. The maximum Gasteiger partial charge on any atom is 0.305 e. The minimum Gasteiger partial charge on any atom is -0.481 e. The highest BCUT2D eigenvalue weighted by atomic mass is 16.6. The Kier molecular flexibility index (Phi) is 31.2. The van der Waals surface area contributed by atoms with Crippen molar-refractivity contribution in [3.8, 4) is 0 Å². The molecule has 0 heterocycles. The number of ether oxygens (including phenoxy) is 10. The lowest BCUT2D eigenvalue weighted by Gasteiger charge is -2.25. The van der Waals surface area contributed by atoms with Gasteiger partial charge in [0.2, 0.25) is 0 Å². The summed E-state index contributed by atoms with van der Waals surface area (Å²) in [6, 6.07) is 0. The zero-order valence-electron chi connectivity index (χ0n) is 24.7. The molecule has 6 N–H and O–H groups in total. The summed E-state index contributed by atoms with van der Waals surface area (Å²) in [5, 5.41) is 17.0. The first kappa shape index (κ1) is 40.5. The molecular weight excluding hydrogens is 564 g/mol. The van der Waals surface area contributed by atoms with Gasteiger partial charge in [-0.05, 0) is 0 Å². The van der Waals surface area contributed by atoms with Crippen LogP contribution in [0.15, 0.2) is 0 Å². The van der Waals surface area contributed by atoms with Gasteiger partial charge >= 0.3 is 11.9 Å². The average Bonchev–Trinajstić information content (AvgIpc) is 2.97. The number of hydrogen-bond acceptors (Lipinski definition) is 14. The van der Waals surface area contributed by atoms with Crippen molar-refractivity contribution in [2.75, 3.05) is 132 Å². The maximum absolute atomic E-state index is 10.4. The van der Waals surface area contributed by atoms with E-state index in [0.29, 0.717) is 106 Å². The summed E-state index contributed by atoms with van der Waals surface area (Å²) < 4.78 is 54.2. The Morgan fingerprint density at radius 3 is 0.833 bits per heavy atom. The Morgan fingerprint density at radius 2 is 0.619 bits per heavy atom. The summed E-state index contributed by atoms with van der Waals surface area (Å²) in [6.45, 7) is 7.03. The minimum atomic E-state index is -0.893. The van der Waals surface area contributed by atoms with Crippen LogP contribution in [-0.4, -0.2) is 166 Å². The zero-order valence-corrected chi connectivity index (χ0v) is 24.7. The molecule has 0 aliphatic rings. The van der Waals surface area contributed by atoms with Gasteiger partial charge in [0.15, 0.2) is 0 Å². The molecule has 16 nitrogen and oxygen atoms in total. The number of hydrogen-bond donors (Lipinski definition) is 4. The number of nitrogens with two attached hydrogens (primary N) is 2. The van der Waals surface area contributed by atoms with Crippen LogP contribution in [0.4, 0.5) is 0 Å². The molecule has 0 aromatic heterocycles. The Morgan fingerprint density at radius 1 is 0.405 bits per heavy atom. The third kappa shape index (κ3) is 29.9. The predicted octanol–water partition coefficient (Wildman–Crippen LogP) is -1.24. The van der Waals surface area contributed by atoms with Crippen LogP contribution in [0.3, 0.4) is 0 Å². The van der Waals surface area contributed by atoms with Crippen molar-refractivity contribution in [1.29, 1.82) is 0 Å². The summed E-state index contributed by atoms with van der Waals surface area (Å²) >= 11 is 0. The van der Waals surface area contributed by atoms with E-state index < -0.39 is 11.9 Å². The van der Waals surface area contributed by atoms with Gasteiger partial charge < -0.3 is 69.0 Å². The van der Waals surface area contributed by atoms with Crippen molar-refractivity contribution in [3.63, 3.8) is 0 Å². The molecule has 0 rings (SSSR count). The molecule has 0 saturated carbocycles. The third-order valence-electron chi connectivity index (χ3n) is 5.15. The zero-order chi connectivity index (χ0) is 30.9. The van der Waals surface area contributed by atoms with E-state index in [1.165, 1.54) is 0 Å². The van der Waals surface area contributed by atoms with E-state index in [1.807, 2.05) is 0 Å². The Hall–Kier alpha value is -1.54. The lowest BCUT2D eigenvalue weighted by atomic mass is 10.2. The highest BCUT2D eigenvalue weighted by molar-refractivity contribution is 5.67. The number of carboxylic acid groups (broad SMARTS) is 2. The van der Waals surface area contributed by atoms with Gasteiger partial charge in [0.05, 0.1) is 144 Å². The molecule has 16 heteroatoms. The van der Waals surface area contributed by atoms with Crippen LogP contribution in [0, 0.1) is 0 Å². The van der Waals surface area contributed by atoms with Crippen LogP contribution in [0.5, 0.6) is 0 Å². The van der Waals surface area contributed by atoms with Gasteiger partial charge in [-0.25, -0.2) is 0 Å². The van der Waals surface area contributed by atoms with Crippen molar-refractivity contribution >= 4 is 11.9 Å². The summed E-state index contributed by atoms with van der Waals surface area (Å²) in [7, 11) is 0. The minimum absolute atomic E-state index is 0.0159. The van der Waals surface area contributed by atoms with Crippen LogP contribution in [-0.2, 0) is 57.0 Å². The highest BCUT2D eigenvalue weighted by Gasteiger charge is 2.20. The molecular formula is C26H52N2O14. The number of aliphatic carboxylic acids is 2. The largest absolute Gasteiger partial charge is 0.481 e. The lowest BCUT2D eigenvalue weighted by molar-refractivity contribution is -0.139. The first-order valence-corrected chi connectivity index (χ1v) is 14.2. The van der Waals surface area contributed by atoms with E-state index >= 15 is 0 Å². The summed E-state index contributed by atoms with van der Waals surface area (Å²) in [6.07, 6.45) is -0.783. The fraction of sp³-hybridized carbons (Fsp3) is 0.923. The maximum atomic E-state index is 10.4. The molecule has 2 atom stereocenters. The fourth-order valence-corrected chi connectivity index (χ4v) is 3.01. The van der Waals surface area contributed by atoms with Crippen LogP contribution in [0.25, 0.3) is 0 Å². The molecule has 42 heavy (non-hydrogen) atoms.